The van der Waals surface area contributed by atoms with Crippen molar-refractivity contribution in [3.8, 4) is 0 Å². The summed E-state index contributed by atoms with van der Waals surface area (Å²) in [5, 5.41) is 64.1. The summed E-state index contributed by atoms with van der Waals surface area (Å²) in [5.41, 5.74) is 0. The minimum Gasteiger partial charge on any atom is -0.394 e. The maximum atomic E-state index is 12.8. The van der Waals surface area contributed by atoms with Crippen molar-refractivity contribution in [1.29, 1.82) is 0 Å². The van der Waals surface area contributed by atoms with E-state index >= 15 is 0 Å². The summed E-state index contributed by atoms with van der Waals surface area (Å²) in [6.07, 6.45) is 20.8. The molecule has 49 heavy (non-hydrogen) atoms. The molecule has 1 saturated heterocycles. The Labute approximate surface area is 298 Å². The molecule has 1 aliphatic heterocycles. The number of hydrogen-bond acceptors (Lipinski definition) is 9. The van der Waals surface area contributed by atoms with E-state index < -0.39 is 55.6 Å². The molecule has 0 saturated carbocycles. The van der Waals surface area contributed by atoms with Crippen molar-refractivity contribution < 1.29 is 44.9 Å². The molecule has 0 spiro atoms. The van der Waals surface area contributed by atoms with Crippen LogP contribution in [0.15, 0.2) is 0 Å². The van der Waals surface area contributed by atoms with Gasteiger partial charge in [-0.15, -0.1) is 0 Å². The van der Waals surface area contributed by atoms with Crippen LogP contribution in [0.2, 0.25) is 0 Å². The third-order valence-electron chi connectivity index (χ3n) is 10.1. The van der Waals surface area contributed by atoms with E-state index in [9.17, 15) is 35.4 Å². The van der Waals surface area contributed by atoms with Crippen molar-refractivity contribution >= 4 is 5.91 Å². The molecule has 0 bridgehead atoms. The van der Waals surface area contributed by atoms with Gasteiger partial charge in [0.2, 0.25) is 5.91 Å². The zero-order valence-electron chi connectivity index (χ0n) is 31.3. The van der Waals surface area contributed by atoms with Gasteiger partial charge in [-0.05, 0) is 12.8 Å². The minimum atomic E-state index is -1.60. The van der Waals surface area contributed by atoms with E-state index in [1.165, 1.54) is 116 Å². The number of ether oxygens (including phenoxy) is 2. The maximum absolute atomic E-state index is 12.8. The van der Waals surface area contributed by atoms with Gasteiger partial charge in [-0.1, -0.05) is 162 Å². The number of aliphatic hydroxyl groups is 6. The Bertz CT molecular complexity index is 758. The molecular weight excluding hydrogens is 626 g/mol. The highest BCUT2D eigenvalue weighted by Crippen LogP contribution is 2.23. The van der Waals surface area contributed by atoms with Crippen molar-refractivity contribution in [3.63, 3.8) is 0 Å². The van der Waals surface area contributed by atoms with E-state index in [1.54, 1.807) is 0 Å². The summed E-state index contributed by atoms with van der Waals surface area (Å²) in [5.74, 6) is -0.264. The standard InChI is InChI=1S/C39H77NO9/c1-3-5-7-8-9-10-11-12-13-14-15-16-17-18-19-20-21-22-23-24-26-28-34(43)40-31(35(44)32(42)27-25-6-4-2)30-48-39-38(47)37(46)36(45)33(29-41)49-39/h31-33,35-39,41-42,44-47H,3-30H2,1-2H3,(H,40,43)/t31-,32+,33-,35+,36+,37+,38-,39+/m1/s1. The quantitative estimate of drug-likeness (QED) is 0.0394. The highest BCUT2D eigenvalue weighted by Gasteiger charge is 2.44. The van der Waals surface area contributed by atoms with E-state index in [4.69, 9.17) is 9.47 Å². The molecule has 1 amide bonds. The predicted molar refractivity (Wildman–Crippen MR) is 195 cm³/mol. The van der Waals surface area contributed by atoms with Gasteiger partial charge in [0.1, 0.15) is 30.5 Å². The molecule has 10 nitrogen and oxygen atoms in total. The van der Waals surface area contributed by atoms with E-state index in [1.807, 2.05) is 6.92 Å². The summed E-state index contributed by atoms with van der Waals surface area (Å²) in [4.78, 5) is 12.8. The summed E-state index contributed by atoms with van der Waals surface area (Å²) >= 11 is 0. The number of carbonyl (C=O) groups excluding carboxylic acids is 1. The van der Waals surface area contributed by atoms with Gasteiger partial charge < -0.3 is 45.4 Å². The Morgan fingerprint density at radius 2 is 1.06 bits per heavy atom. The second-order valence-corrected chi connectivity index (χ2v) is 14.6. The molecule has 292 valence electrons. The molecular formula is C39H77NO9. The van der Waals surface area contributed by atoms with Gasteiger partial charge in [-0.25, -0.2) is 0 Å². The first-order valence-corrected chi connectivity index (χ1v) is 20.3. The predicted octanol–water partition coefficient (Wildman–Crippen LogP) is 6.19. The first-order valence-electron chi connectivity index (χ1n) is 20.3. The van der Waals surface area contributed by atoms with E-state index in [2.05, 4.69) is 12.2 Å². The molecule has 1 fully saturated rings. The highest BCUT2D eigenvalue weighted by atomic mass is 16.7. The number of aliphatic hydroxyl groups excluding tert-OH is 6. The number of unbranched alkanes of at least 4 members (excludes halogenated alkanes) is 22. The zero-order valence-corrected chi connectivity index (χ0v) is 31.3. The Balaban J connectivity index is 2.21. The summed E-state index contributed by atoms with van der Waals surface area (Å²) < 4.78 is 11.0. The Hall–Kier alpha value is -0.850. The highest BCUT2D eigenvalue weighted by molar-refractivity contribution is 5.76. The van der Waals surface area contributed by atoms with Gasteiger partial charge in [0.25, 0.3) is 0 Å². The largest absolute Gasteiger partial charge is 0.394 e. The summed E-state index contributed by atoms with van der Waals surface area (Å²) in [6.45, 7) is 3.42. The molecule has 0 aromatic heterocycles. The SMILES string of the molecule is CCCCCCCCCCCCCCCCCCCCCCCC(=O)N[C@H](CO[C@H]1O[C@H](CO)[C@H](O)[C@H](O)[C@H]1O)[C@H](O)[C@@H](O)CCCCC. The monoisotopic (exact) mass is 704 g/mol. The molecule has 0 unspecified atom stereocenters. The van der Waals surface area contributed by atoms with Crippen LogP contribution in [0.3, 0.4) is 0 Å². The average Bonchev–Trinajstić information content (AvgIpc) is 3.10. The molecule has 0 aromatic carbocycles. The summed E-state index contributed by atoms with van der Waals surface area (Å²) in [7, 11) is 0. The van der Waals surface area contributed by atoms with Crippen molar-refractivity contribution in [1.82, 2.24) is 5.32 Å². The lowest BCUT2D eigenvalue weighted by Gasteiger charge is -2.40. The van der Waals surface area contributed by atoms with Gasteiger partial charge >= 0.3 is 0 Å². The van der Waals surface area contributed by atoms with Crippen LogP contribution >= 0.6 is 0 Å². The Kier molecular flexibility index (Phi) is 29.0. The van der Waals surface area contributed by atoms with Gasteiger partial charge in [-0.3, -0.25) is 4.79 Å². The Morgan fingerprint density at radius 1 is 0.633 bits per heavy atom. The van der Waals surface area contributed by atoms with Crippen LogP contribution in [-0.2, 0) is 14.3 Å². The summed E-state index contributed by atoms with van der Waals surface area (Å²) in [6, 6.07) is -0.980. The van der Waals surface area contributed by atoms with Gasteiger partial charge in [-0.2, -0.15) is 0 Å². The van der Waals surface area contributed by atoms with Gasteiger partial charge in [0.05, 0.1) is 25.4 Å². The van der Waals surface area contributed by atoms with Crippen molar-refractivity contribution in [2.75, 3.05) is 13.2 Å². The molecule has 10 heteroatoms. The van der Waals surface area contributed by atoms with Crippen LogP contribution in [-0.4, -0.2) is 98.7 Å². The lowest BCUT2D eigenvalue weighted by Crippen LogP contribution is -2.60. The smallest absolute Gasteiger partial charge is 0.220 e. The third-order valence-corrected chi connectivity index (χ3v) is 10.1. The van der Waals surface area contributed by atoms with Crippen LogP contribution in [0.25, 0.3) is 0 Å². The van der Waals surface area contributed by atoms with Crippen LogP contribution in [0.5, 0.6) is 0 Å². The average molecular weight is 704 g/mol. The fourth-order valence-electron chi connectivity index (χ4n) is 6.67. The number of amides is 1. The first kappa shape index (κ1) is 46.2. The Morgan fingerprint density at radius 3 is 1.51 bits per heavy atom. The number of rotatable bonds is 33. The van der Waals surface area contributed by atoms with Crippen LogP contribution in [0.4, 0.5) is 0 Å². The van der Waals surface area contributed by atoms with Gasteiger partial charge in [0, 0.05) is 6.42 Å². The lowest BCUT2D eigenvalue weighted by atomic mass is 9.99. The zero-order chi connectivity index (χ0) is 36.1. The molecule has 1 heterocycles. The van der Waals surface area contributed by atoms with Crippen LogP contribution in [0, 0.1) is 0 Å². The molecule has 0 aliphatic carbocycles. The molecule has 1 rings (SSSR count). The normalized spacial score (nSPS) is 23.0. The molecule has 1 aliphatic rings. The lowest BCUT2D eigenvalue weighted by molar-refractivity contribution is -0.303. The molecule has 7 N–H and O–H groups in total. The van der Waals surface area contributed by atoms with Crippen LogP contribution < -0.4 is 5.32 Å². The second-order valence-electron chi connectivity index (χ2n) is 14.6. The topological polar surface area (TPSA) is 169 Å². The van der Waals surface area contributed by atoms with E-state index in [-0.39, 0.29) is 18.9 Å². The fraction of sp³-hybridized carbons (Fsp3) is 0.974. The second kappa shape index (κ2) is 30.7. The number of nitrogens with one attached hydrogen (secondary N) is 1. The van der Waals surface area contributed by atoms with E-state index in [0.29, 0.717) is 6.42 Å². The molecule has 0 radical (unpaired) electrons. The maximum Gasteiger partial charge on any atom is 0.220 e. The number of hydrogen-bond donors (Lipinski definition) is 7. The fourth-order valence-corrected chi connectivity index (χ4v) is 6.67. The minimum absolute atomic E-state index is 0.264. The van der Waals surface area contributed by atoms with Crippen molar-refractivity contribution in [3.05, 3.63) is 0 Å². The molecule has 0 aromatic rings. The number of carbonyl (C=O) groups is 1. The van der Waals surface area contributed by atoms with Crippen molar-refractivity contribution in [2.45, 2.75) is 230 Å². The van der Waals surface area contributed by atoms with Crippen molar-refractivity contribution in [2.24, 2.45) is 0 Å². The third kappa shape index (κ3) is 22.0. The van der Waals surface area contributed by atoms with Crippen LogP contribution in [0.1, 0.15) is 181 Å². The van der Waals surface area contributed by atoms with E-state index in [0.717, 1.165) is 38.5 Å². The first-order chi connectivity index (χ1) is 23.8. The van der Waals surface area contributed by atoms with Gasteiger partial charge in [0.15, 0.2) is 6.29 Å². The molecule has 8 atom stereocenters.